The normalized spacial score (nSPS) is 20.2. The molecule has 23 heavy (non-hydrogen) atoms. The van der Waals surface area contributed by atoms with Crippen molar-refractivity contribution < 1.29 is 9.18 Å². The van der Waals surface area contributed by atoms with E-state index in [1.807, 2.05) is 11.8 Å². The molecule has 4 nitrogen and oxygen atoms in total. The fraction of sp³-hybridized carbons (Fsp3) is 0.611. The fourth-order valence-electron chi connectivity index (χ4n) is 3.72. The Morgan fingerprint density at radius 2 is 1.87 bits per heavy atom. The van der Waals surface area contributed by atoms with Crippen LogP contribution < -0.4 is 5.73 Å². The number of hydrogen-bond donors (Lipinski definition) is 1. The van der Waals surface area contributed by atoms with Crippen LogP contribution in [0.3, 0.4) is 0 Å². The maximum absolute atomic E-state index is 14.0. The highest BCUT2D eigenvalue weighted by molar-refractivity contribution is 5.79. The molecule has 0 spiro atoms. The summed E-state index contributed by atoms with van der Waals surface area (Å²) in [5.41, 5.74) is 8.03. The molecule has 5 heteroatoms. The summed E-state index contributed by atoms with van der Waals surface area (Å²) in [6, 6.07) is 3.06. The van der Waals surface area contributed by atoms with Gasteiger partial charge in [0, 0.05) is 49.9 Å². The predicted octanol–water partition coefficient (Wildman–Crippen LogP) is 2.55. The molecule has 0 aromatic heterocycles. The van der Waals surface area contributed by atoms with Crippen LogP contribution in [0.4, 0.5) is 10.1 Å². The van der Waals surface area contributed by atoms with E-state index < -0.39 is 0 Å². The minimum Gasteiger partial charge on any atom is -0.399 e. The third-order valence-corrected chi connectivity index (χ3v) is 5.35. The smallest absolute Gasteiger partial charge is 0.225 e. The maximum atomic E-state index is 14.0. The summed E-state index contributed by atoms with van der Waals surface area (Å²) in [5.74, 6) is 0.379. The number of halogens is 1. The summed E-state index contributed by atoms with van der Waals surface area (Å²) in [6.07, 6.45) is 4.47. The maximum Gasteiger partial charge on any atom is 0.225 e. The zero-order valence-electron chi connectivity index (χ0n) is 13.9. The van der Waals surface area contributed by atoms with Gasteiger partial charge in [0.15, 0.2) is 0 Å². The van der Waals surface area contributed by atoms with Crippen LogP contribution in [-0.2, 0) is 11.3 Å². The molecule has 0 radical (unpaired) electrons. The van der Waals surface area contributed by atoms with Gasteiger partial charge in [-0.05, 0) is 37.5 Å². The van der Waals surface area contributed by atoms with Gasteiger partial charge >= 0.3 is 0 Å². The Hall–Kier alpha value is -1.62. The van der Waals surface area contributed by atoms with Crippen LogP contribution in [0.5, 0.6) is 0 Å². The van der Waals surface area contributed by atoms with Gasteiger partial charge < -0.3 is 10.6 Å². The number of hydrogen-bond acceptors (Lipinski definition) is 3. The molecule has 1 saturated heterocycles. The first-order valence-electron chi connectivity index (χ1n) is 8.61. The molecule has 1 amide bonds. The van der Waals surface area contributed by atoms with Crippen LogP contribution in [0.25, 0.3) is 0 Å². The predicted molar refractivity (Wildman–Crippen MR) is 89.4 cm³/mol. The number of carbonyl (C=O) groups excluding carboxylic acids is 1. The second-order valence-electron chi connectivity index (χ2n) is 6.82. The molecule has 2 aliphatic rings. The van der Waals surface area contributed by atoms with Crippen LogP contribution in [0.15, 0.2) is 12.1 Å². The van der Waals surface area contributed by atoms with E-state index in [2.05, 4.69) is 4.90 Å². The highest BCUT2D eigenvalue weighted by Gasteiger charge is 2.29. The van der Waals surface area contributed by atoms with Gasteiger partial charge in [-0.15, -0.1) is 0 Å². The molecule has 1 aromatic carbocycles. The van der Waals surface area contributed by atoms with E-state index in [1.165, 1.54) is 18.9 Å². The van der Waals surface area contributed by atoms with E-state index in [-0.39, 0.29) is 11.7 Å². The summed E-state index contributed by atoms with van der Waals surface area (Å²) >= 11 is 0. The zero-order chi connectivity index (χ0) is 16.4. The SMILES string of the molecule is Cc1c(N)ccc(F)c1CN1CCN(C(=O)C2CCCC2)CC1. The van der Waals surface area contributed by atoms with Crippen LogP contribution in [0, 0.1) is 18.7 Å². The Balaban J connectivity index is 1.57. The van der Waals surface area contributed by atoms with Crippen molar-refractivity contribution in [2.75, 3.05) is 31.9 Å². The average molecular weight is 319 g/mol. The number of carbonyl (C=O) groups is 1. The molecule has 0 atom stereocenters. The topological polar surface area (TPSA) is 49.6 Å². The average Bonchev–Trinajstić information content (AvgIpc) is 3.10. The summed E-state index contributed by atoms with van der Waals surface area (Å²) in [5, 5.41) is 0. The Morgan fingerprint density at radius 1 is 1.22 bits per heavy atom. The van der Waals surface area contributed by atoms with Gasteiger partial charge in [-0.25, -0.2) is 4.39 Å². The summed E-state index contributed by atoms with van der Waals surface area (Å²) in [7, 11) is 0. The summed E-state index contributed by atoms with van der Waals surface area (Å²) in [4.78, 5) is 16.7. The fourth-order valence-corrected chi connectivity index (χ4v) is 3.72. The summed E-state index contributed by atoms with van der Waals surface area (Å²) < 4.78 is 14.0. The number of nitrogens with two attached hydrogens (primary N) is 1. The van der Waals surface area contributed by atoms with E-state index in [0.717, 1.165) is 44.6 Å². The van der Waals surface area contributed by atoms with Gasteiger partial charge in [-0.2, -0.15) is 0 Å². The lowest BCUT2D eigenvalue weighted by Gasteiger charge is -2.36. The Labute approximate surface area is 137 Å². The molecule has 1 heterocycles. The largest absolute Gasteiger partial charge is 0.399 e. The first kappa shape index (κ1) is 16.2. The molecule has 126 valence electrons. The number of nitrogen functional groups attached to an aromatic ring is 1. The molecule has 0 bridgehead atoms. The van der Waals surface area contributed by atoms with Gasteiger partial charge in [-0.3, -0.25) is 9.69 Å². The van der Waals surface area contributed by atoms with Crippen molar-refractivity contribution in [2.24, 2.45) is 5.92 Å². The quantitative estimate of drug-likeness (QED) is 0.871. The number of benzene rings is 1. The van der Waals surface area contributed by atoms with Gasteiger partial charge in [0.2, 0.25) is 5.91 Å². The zero-order valence-corrected chi connectivity index (χ0v) is 13.9. The molecule has 0 unspecified atom stereocenters. The van der Waals surface area contributed by atoms with Crippen LogP contribution in [-0.4, -0.2) is 41.9 Å². The van der Waals surface area contributed by atoms with E-state index >= 15 is 0 Å². The lowest BCUT2D eigenvalue weighted by molar-refractivity contribution is -0.137. The summed E-state index contributed by atoms with van der Waals surface area (Å²) in [6.45, 7) is 5.52. The standard InChI is InChI=1S/C18H26FN3O/c1-13-15(16(19)6-7-17(13)20)12-21-8-10-22(11-9-21)18(23)14-4-2-3-5-14/h6-7,14H,2-5,8-12,20H2,1H3. The Morgan fingerprint density at radius 3 is 2.52 bits per heavy atom. The van der Waals surface area contributed by atoms with Gasteiger partial charge in [0.1, 0.15) is 5.82 Å². The molecule has 1 aliphatic heterocycles. The minimum absolute atomic E-state index is 0.193. The molecule has 2 N–H and O–H groups in total. The third kappa shape index (κ3) is 3.50. The van der Waals surface area contributed by atoms with Crippen LogP contribution >= 0.6 is 0 Å². The Bertz CT molecular complexity index is 576. The second-order valence-corrected chi connectivity index (χ2v) is 6.82. The molecule has 1 saturated carbocycles. The monoisotopic (exact) mass is 319 g/mol. The van der Waals surface area contributed by atoms with Crippen molar-refractivity contribution >= 4 is 11.6 Å². The highest BCUT2D eigenvalue weighted by atomic mass is 19.1. The number of amides is 1. The van der Waals surface area contributed by atoms with Crippen molar-refractivity contribution in [3.8, 4) is 0 Å². The van der Waals surface area contributed by atoms with Crippen LogP contribution in [0.2, 0.25) is 0 Å². The van der Waals surface area contributed by atoms with Crippen molar-refractivity contribution in [2.45, 2.75) is 39.2 Å². The molecular weight excluding hydrogens is 293 g/mol. The number of rotatable bonds is 3. The van der Waals surface area contributed by atoms with Crippen molar-refractivity contribution in [1.29, 1.82) is 0 Å². The molecule has 1 aromatic rings. The number of piperazine rings is 1. The molecular formula is C18H26FN3O. The lowest BCUT2D eigenvalue weighted by atomic mass is 10.0. The van der Waals surface area contributed by atoms with Crippen molar-refractivity contribution in [3.05, 3.63) is 29.1 Å². The molecule has 1 aliphatic carbocycles. The van der Waals surface area contributed by atoms with Gasteiger partial charge in [0.25, 0.3) is 0 Å². The van der Waals surface area contributed by atoms with Crippen molar-refractivity contribution in [1.82, 2.24) is 9.80 Å². The molecule has 3 rings (SSSR count). The van der Waals surface area contributed by atoms with E-state index in [4.69, 9.17) is 5.73 Å². The first-order chi connectivity index (χ1) is 11.1. The van der Waals surface area contributed by atoms with Crippen molar-refractivity contribution in [3.63, 3.8) is 0 Å². The molecule has 2 fully saturated rings. The van der Waals surface area contributed by atoms with Gasteiger partial charge in [-0.1, -0.05) is 12.8 Å². The highest BCUT2D eigenvalue weighted by Crippen LogP contribution is 2.27. The van der Waals surface area contributed by atoms with Crippen LogP contribution in [0.1, 0.15) is 36.8 Å². The lowest BCUT2D eigenvalue weighted by Crippen LogP contribution is -2.49. The Kier molecular flexibility index (Phi) is 4.85. The number of anilines is 1. The van der Waals surface area contributed by atoms with Gasteiger partial charge in [0.05, 0.1) is 0 Å². The first-order valence-corrected chi connectivity index (χ1v) is 8.61. The van der Waals surface area contributed by atoms with E-state index in [0.29, 0.717) is 23.7 Å². The third-order valence-electron chi connectivity index (χ3n) is 5.35. The second kappa shape index (κ2) is 6.87. The minimum atomic E-state index is -0.193. The van der Waals surface area contributed by atoms with E-state index in [1.54, 1.807) is 6.07 Å². The number of nitrogens with zero attached hydrogens (tertiary/aromatic N) is 2. The van der Waals surface area contributed by atoms with E-state index in [9.17, 15) is 9.18 Å².